The molecule has 0 aliphatic heterocycles. The van der Waals surface area contributed by atoms with Crippen LogP contribution in [0.25, 0.3) is 0 Å². The van der Waals surface area contributed by atoms with Gasteiger partial charge in [0.1, 0.15) is 0 Å². The van der Waals surface area contributed by atoms with Crippen LogP contribution < -0.4 is 0 Å². The molecule has 0 rings (SSSR count). The molecular formula is C42H86O18. The highest BCUT2D eigenvalue weighted by atomic mass is 16.4. The molecule has 0 aromatic heterocycles. The summed E-state index contributed by atoms with van der Waals surface area (Å²) in [5.74, 6) is -6.40. The fourth-order valence-electron chi connectivity index (χ4n) is 2.42. The third kappa shape index (κ3) is 228. The van der Waals surface area contributed by atoms with E-state index in [9.17, 15) is 43.2 Å². The first-order chi connectivity index (χ1) is 27.8. The molecule has 362 valence electrons. The van der Waals surface area contributed by atoms with E-state index in [1.807, 2.05) is 62.3 Å². The lowest BCUT2D eigenvalue weighted by Crippen LogP contribution is -1.90. The molecule has 0 spiro atoms. The van der Waals surface area contributed by atoms with Gasteiger partial charge in [0, 0.05) is 57.8 Å². The predicted molar refractivity (Wildman–Crippen MR) is 233 cm³/mol. The number of carbonyl (C=O) groups is 9. The summed E-state index contributed by atoms with van der Waals surface area (Å²) in [6.45, 7) is 21.0. The maximum absolute atomic E-state index is 9.60. The van der Waals surface area contributed by atoms with Crippen molar-refractivity contribution in [3.63, 3.8) is 0 Å². The summed E-state index contributed by atoms with van der Waals surface area (Å²) in [4.78, 5) is 86.4. The number of carboxylic acids is 9. The largest absolute Gasteiger partial charge is 0.481 e. The van der Waals surface area contributed by atoms with Gasteiger partial charge in [-0.2, -0.15) is 0 Å². The molecule has 0 aromatic carbocycles. The van der Waals surface area contributed by atoms with E-state index in [1.165, 1.54) is 25.7 Å². The lowest BCUT2D eigenvalue weighted by molar-refractivity contribution is -0.138. The summed E-state index contributed by atoms with van der Waals surface area (Å²) in [5.41, 5.74) is 0. The van der Waals surface area contributed by atoms with Gasteiger partial charge < -0.3 is 46.0 Å². The Labute approximate surface area is 359 Å². The van der Waals surface area contributed by atoms with E-state index < -0.39 is 53.7 Å². The summed E-state index contributed by atoms with van der Waals surface area (Å²) < 4.78 is 0. The van der Waals surface area contributed by atoms with Gasteiger partial charge in [-0.25, -0.2) is 0 Å². The molecule has 18 heteroatoms. The fourth-order valence-corrected chi connectivity index (χ4v) is 2.42. The van der Waals surface area contributed by atoms with Crippen molar-refractivity contribution in [1.29, 1.82) is 0 Å². The van der Waals surface area contributed by atoms with E-state index >= 15 is 0 Å². The van der Waals surface area contributed by atoms with Crippen LogP contribution in [0.5, 0.6) is 0 Å². The topological polar surface area (TPSA) is 336 Å². The van der Waals surface area contributed by atoms with Crippen molar-refractivity contribution in [3.05, 3.63) is 0 Å². The minimum Gasteiger partial charge on any atom is -0.481 e. The molecule has 0 aliphatic rings. The Morgan fingerprint density at radius 1 is 0.200 bits per heavy atom. The molecule has 0 saturated heterocycles. The van der Waals surface area contributed by atoms with Gasteiger partial charge in [-0.05, 0) is 57.8 Å². The minimum absolute atomic E-state index is 0.292. The second-order valence-corrected chi connectivity index (χ2v) is 12.0. The number of unbranched alkanes of at least 4 members (excludes halogenated alkanes) is 3. The molecule has 0 amide bonds. The van der Waals surface area contributed by atoms with Crippen LogP contribution in [0.15, 0.2) is 0 Å². The van der Waals surface area contributed by atoms with Crippen molar-refractivity contribution in [3.8, 4) is 0 Å². The Morgan fingerprint density at radius 3 is 0.300 bits per heavy atom. The fraction of sp³-hybridized carbons (Fsp3) is 0.786. The lowest BCUT2D eigenvalue weighted by Gasteiger charge is -1.86. The Hall–Kier alpha value is -4.77. The zero-order chi connectivity index (χ0) is 49.8. The number of hydrogen-bond donors (Lipinski definition) is 9. The maximum atomic E-state index is 9.60. The zero-order valence-electron chi connectivity index (χ0n) is 38.8. The van der Waals surface area contributed by atoms with E-state index in [1.54, 1.807) is 0 Å². The van der Waals surface area contributed by atoms with Gasteiger partial charge in [0.05, 0.1) is 0 Å². The van der Waals surface area contributed by atoms with Crippen molar-refractivity contribution in [2.75, 3.05) is 0 Å². The Bertz CT molecular complexity index is 734. The average Bonchev–Trinajstić information content (AvgIpc) is 3.09. The Morgan fingerprint density at radius 2 is 0.283 bits per heavy atom. The molecule has 0 saturated carbocycles. The molecule has 0 unspecified atom stereocenters. The van der Waals surface area contributed by atoms with Crippen molar-refractivity contribution in [2.45, 2.75) is 217 Å². The van der Waals surface area contributed by atoms with Crippen molar-refractivity contribution in [1.82, 2.24) is 0 Å². The van der Waals surface area contributed by atoms with E-state index in [0.717, 1.165) is 57.8 Å². The third-order valence-electron chi connectivity index (χ3n) is 5.13. The van der Waals surface area contributed by atoms with Gasteiger partial charge in [-0.15, -0.1) is 0 Å². The molecule has 0 atom stereocenters. The molecule has 0 aliphatic carbocycles. The smallest absolute Gasteiger partial charge is 0.303 e. The quantitative estimate of drug-likeness (QED) is 0.0484. The number of aliphatic carboxylic acids is 9. The highest BCUT2D eigenvalue weighted by Crippen LogP contribution is 1.95. The highest BCUT2D eigenvalue weighted by Gasteiger charge is 1.91. The first-order valence-corrected chi connectivity index (χ1v) is 20.8. The SMILES string of the molecule is CCCC(=O)O.CCCC(=O)O.CCCC(=O)O.CCCC(=O)O.CCCC(=O)O.CCCC(=O)O.CCCC(=O)O.CCCC(=O)O.CCCC(=O)O.CCCCCC. The summed E-state index contributed by atoms with van der Waals surface area (Å²) >= 11 is 0. The van der Waals surface area contributed by atoms with Crippen LogP contribution in [0.4, 0.5) is 0 Å². The molecule has 0 aromatic rings. The minimum atomic E-state index is -0.711. The van der Waals surface area contributed by atoms with E-state index in [0.29, 0.717) is 57.8 Å². The highest BCUT2D eigenvalue weighted by molar-refractivity contribution is 5.68. The molecule has 0 fully saturated rings. The van der Waals surface area contributed by atoms with Crippen LogP contribution in [0, 0.1) is 0 Å². The second kappa shape index (κ2) is 78.5. The van der Waals surface area contributed by atoms with Gasteiger partial charge in [-0.1, -0.05) is 102 Å². The van der Waals surface area contributed by atoms with Crippen LogP contribution in [-0.2, 0) is 43.2 Å². The average molecular weight is 879 g/mol. The van der Waals surface area contributed by atoms with Crippen molar-refractivity contribution in [2.24, 2.45) is 0 Å². The first kappa shape index (κ1) is 79.4. The monoisotopic (exact) mass is 879 g/mol. The molecular weight excluding hydrogens is 792 g/mol. The van der Waals surface area contributed by atoms with Crippen molar-refractivity contribution < 1.29 is 89.1 Å². The van der Waals surface area contributed by atoms with Gasteiger partial charge in [0.25, 0.3) is 0 Å². The predicted octanol–water partition coefficient (Wildman–Crippen LogP) is 10.4. The molecule has 0 radical (unpaired) electrons. The number of carboxylic acid groups (broad SMARTS) is 9. The molecule has 60 heavy (non-hydrogen) atoms. The maximum Gasteiger partial charge on any atom is 0.303 e. The standard InChI is InChI=1S/C6H14.9C4H8O2/c1-3-5-6-4-2;9*1-2-3-4(5)6/h3-6H2,1-2H3;9*2-3H2,1H3,(H,5,6). The van der Waals surface area contributed by atoms with Crippen LogP contribution in [0.2, 0.25) is 0 Å². The number of hydrogen-bond acceptors (Lipinski definition) is 9. The summed E-state index contributed by atoms with van der Waals surface area (Å²) in [5, 5.41) is 71.2. The third-order valence-corrected chi connectivity index (χ3v) is 5.13. The molecule has 18 nitrogen and oxygen atoms in total. The normalized spacial score (nSPS) is 8.25. The van der Waals surface area contributed by atoms with Gasteiger partial charge in [0.15, 0.2) is 0 Å². The van der Waals surface area contributed by atoms with Crippen LogP contribution in [-0.4, -0.2) is 99.7 Å². The first-order valence-electron chi connectivity index (χ1n) is 20.8. The van der Waals surface area contributed by atoms with E-state index in [4.69, 9.17) is 46.0 Å². The Kier molecular flexibility index (Phi) is 104. The second-order valence-electron chi connectivity index (χ2n) is 12.0. The summed E-state index contributed by atoms with van der Waals surface area (Å²) in [6.07, 6.45) is 14.7. The summed E-state index contributed by atoms with van der Waals surface area (Å²) in [7, 11) is 0. The molecule has 0 heterocycles. The number of rotatable bonds is 21. The summed E-state index contributed by atoms with van der Waals surface area (Å²) in [6, 6.07) is 0. The van der Waals surface area contributed by atoms with Gasteiger partial charge in [0.2, 0.25) is 0 Å². The van der Waals surface area contributed by atoms with Gasteiger partial charge >= 0.3 is 53.7 Å². The molecule has 0 bridgehead atoms. The van der Waals surface area contributed by atoms with Crippen LogP contribution >= 0.6 is 0 Å². The Balaban J connectivity index is -0.0000000579. The van der Waals surface area contributed by atoms with Crippen LogP contribution in [0.3, 0.4) is 0 Å². The van der Waals surface area contributed by atoms with Gasteiger partial charge in [-0.3, -0.25) is 43.2 Å². The van der Waals surface area contributed by atoms with E-state index in [-0.39, 0.29) is 0 Å². The van der Waals surface area contributed by atoms with Crippen LogP contribution in [0.1, 0.15) is 217 Å². The molecule has 9 N–H and O–H groups in total. The lowest BCUT2D eigenvalue weighted by atomic mass is 10.2. The zero-order valence-corrected chi connectivity index (χ0v) is 38.8. The van der Waals surface area contributed by atoms with E-state index in [2.05, 4.69) is 13.8 Å². The van der Waals surface area contributed by atoms with Crippen molar-refractivity contribution >= 4 is 53.7 Å².